The van der Waals surface area contributed by atoms with E-state index in [1.165, 1.54) is 24.5 Å². The van der Waals surface area contributed by atoms with Crippen LogP contribution in [0.4, 0.5) is 10.1 Å². The van der Waals surface area contributed by atoms with Crippen molar-refractivity contribution in [2.45, 2.75) is 25.3 Å². The third kappa shape index (κ3) is 4.24. The molecule has 6 nitrogen and oxygen atoms in total. The van der Waals surface area contributed by atoms with Crippen LogP contribution in [0, 0.1) is 11.7 Å². The predicted octanol–water partition coefficient (Wildman–Crippen LogP) is 2.30. The van der Waals surface area contributed by atoms with Crippen molar-refractivity contribution in [1.29, 1.82) is 0 Å². The second-order valence-electron chi connectivity index (χ2n) is 6.06. The van der Waals surface area contributed by atoms with Crippen molar-refractivity contribution in [1.82, 2.24) is 5.32 Å². The van der Waals surface area contributed by atoms with Crippen molar-refractivity contribution in [3.63, 3.8) is 0 Å². The molecule has 1 unspecified atom stereocenters. The highest BCUT2D eigenvalue weighted by Gasteiger charge is 2.33. The first-order chi connectivity index (χ1) is 12.1. The molecule has 0 bridgehead atoms. The lowest BCUT2D eigenvalue weighted by atomic mass is 10.1. The third-order valence-electron chi connectivity index (χ3n) is 4.17. The third-order valence-corrected chi connectivity index (χ3v) is 4.17. The number of hydrogen-bond acceptors (Lipinski definition) is 4. The summed E-state index contributed by atoms with van der Waals surface area (Å²) in [7, 11) is 0. The van der Waals surface area contributed by atoms with E-state index >= 15 is 0 Å². The van der Waals surface area contributed by atoms with Crippen LogP contribution in [0.2, 0.25) is 0 Å². The van der Waals surface area contributed by atoms with Gasteiger partial charge in [0.2, 0.25) is 0 Å². The fourth-order valence-electron chi connectivity index (χ4n) is 2.69. The molecule has 0 saturated heterocycles. The molecule has 25 heavy (non-hydrogen) atoms. The first-order valence-electron chi connectivity index (χ1n) is 8.14. The molecule has 132 valence electrons. The fourth-order valence-corrected chi connectivity index (χ4v) is 2.69. The van der Waals surface area contributed by atoms with E-state index in [0.29, 0.717) is 23.7 Å². The quantitative estimate of drug-likeness (QED) is 0.700. The van der Waals surface area contributed by atoms with Crippen LogP contribution in [0.15, 0.2) is 41.0 Å². The lowest BCUT2D eigenvalue weighted by molar-refractivity contribution is -0.136. The molecule has 1 aliphatic carbocycles. The number of hydrogen-bond donors (Lipinski definition) is 3. The van der Waals surface area contributed by atoms with Crippen LogP contribution in [0.25, 0.3) is 11.3 Å². The van der Waals surface area contributed by atoms with E-state index in [9.17, 15) is 14.0 Å². The average molecular weight is 346 g/mol. The van der Waals surface area contributed by atoms with Crippen molar-refractivity contribution in [3.05, 3.63) is 42.4 Å². The van der Waals surface area contributed by atoms with E-state index in [1.54, 1.807) is 12.1 Å². The van der Waals surface area contributed by atoms with Crippen LogP contribution in [0.1, 0.15) is 19.3 Å². The van der Waals surface area contributed by atoms with Crippen LogP contribution in [0.5, 0.6) is 0 Å². The fraction of sp³-hybridized carbons (Fsp3) is 0.333. The minimum absolute atomic E-state index is 0.0666. The Morgan fingerprint density at radius 2 is 2.08 bits per heavy atom. The van der Waals surface area contributed by atoms with Crippen molar-refractivity contribution in [2.24, 2.45) is 5.92 Å². The summed E-state index contributed by atoms with van der Waals surface area (Å²) >= 11 is 0. The zero-order valence-electron chi connectivity index (χ0n) is 13.5. The zero-order valence-corrected chi connectivity index (χ0v) is 13.5. The maximum absolute atomic E-state index is 13.9. The topological polar surface area (TPSA) is 91.6 Å². The van der Waals surface area contributed by atoms with Crippen LogP contribution >= 0.6 is 0 Å². The Balaban J connectivity index is 1.67. The summed E-state index contributed by atoms with van der Waals surface area (Å²) in [6, 6.07) is 7.30. The Hall–Kier alpha value is -2.67. The summed E-state index contributed by atoms with van der Waals surface area (Å²) in [6.45, 7) is -0.0666. The van der Waals surface area contributed by atoms with Gasteiger partial charge in [0.05, 0.1) is 12.0 Å². The Morgan fingerprint density at radius 1 is 1.28 bits per heavy atom. The molecule has 3 N–H and O–H groups in total. The number of amides is 2. The summed E-state index contributed by atoms with van der Waals surface area (Å²) in [4.78, 5) is 24.1. The number of carbonyl (C=O) groups excluding carboxylic acids is 2. The maximum atomic E-state index is 13.9. The predicted molar refractivity (Wildman–Crippen MR) is 89.1 cm³/mol. The minimum atomic E-state index is -0.945. The number of nitrogens with one attached hydrogen (secondary N) is 2. The summed E-state index contributed by atoms with van der Waals surface area (Å²) < 4.78 is 19.2. The number of aliphatic hydroxyl groups is 1. The molecule has 1 aliphatic rings. The number of anilines is 1. The molecular formula is C18H19FN2O4. The number of aliphatic hydroxyl groups excluding tert-OH is 1. The highest BCUT2D eigenvalue weighted by molar-refractivity contribution is 6.39. The van der Waals surface area contributed by atoms with Crippen molar-refractivity contribution >= 4 is 17.5 Å². The standard InChI is InChI=1S/C18H19FN2O4/c19-13-6-5-12(16-2-1-9-25-16)10-15(13)21-18(24)17(23)20-14(7-8-22)11-3-4-11/h1-2,5-6,9-11,14,22H,3-4,7-8H2,(H,20,23)(H,21,24). The minimum Gasteiger partial charge on any atom is -0.464 e. The Kier molecular flexibility index (Phi) is 5.14. The molecule has 1 saturated carbocycles. The highest BCUT2D eigenvalue weighted by atomic mass is 19.1. The lowest BCUT2D eigenvalue weighted by Gasteiger charge is -2.16. The summed E-state index contributed by atoms with van der Waals surface area (Å²) in [5.41, 5.74) is 0.484. The van der Waals surface area contributed by atoms with E-state index in [-0.39, 0.29) is 18.3 Å². The Labute approximate surface area is 144 Å². The van der Waals surface area contributed by atoms with Gasteiger partial charge in [-0.3, -0.25) is 9.59 Å². The van der Waals surface area contributed by atoms with Gasteiger partial charge in [0, 0.05) is 18.2 Å². The van der Waals surface area contributed by atoms with Gasteiger partial charge in [0.15, 0.2) is 0 Å². The summed E-state index contributed by atoms with van der Waals surface area (Å²) in [5.74, 6) is -1.61. The molecule has 2 amide bonds. The van der Waals surface area contributed by atoms with Gasteiger partial charge in [-0.2, -0.15) is 0 Å². The van der Waals surface area contributed by atoms with Gasteiger partial charge in [-0.15, -0.1) is 0 Å². The van der Waals surface area contributed by atoms with Crippen LogP contribution in [-0.2, 0) is 9.59 Å². The van der Waals surface area contributed by atoms with Gasteiger partial charge in [-0.25, -0.2) is 4.39 Å². The first kappa shape index (κ1) is 17.2. The molecule has 1 heterocycles. The van der Waals surface area contributed by atoms with Gasteiger partial charge in [-0.1, -0.05) is 0 Å². The zero-order chi connectivity index (χ0) is 17.8. The Bertz CT molecular complexity index is 756. The smallest absolute Gasteiger partial charge is 0.313 e. The normalized spacial score (nSPS) is 14.8. The molecule has 1 fully saturated rings. The molecule has 0 radical (unpaired) electrons. The SMILES string of the molecule is O=C(Nc1cc(-c2ccco2)ccc1F)C(=O)NC(CCO)C1CC1. The largest absolute Gasteiger partial charge is 0.464 e. The van der Waals surface area contributed by atoms with E-state index in [2.05, 4.69) is 10.6 Å². The number of furan rings is 1. The molecule has 1 aromatic heterocycles. The highest BCUT2D eigenvalue weighted by Crippen LogP contribution is 2.34. The Morgan fingerprint density at radius 3 is 2.72 bits per heavy atom. The van der Waals surface area contributed by atoms with Gasteiger partial charge in [-0.05, 0) is 55.5 Å². The molecular weight excluding hydrogens is 327 g/mol. The summed E-state index contributed by atoms with van der Waals surface area (Å²) in [5, 5.41) is 13.9. The monoisotopic (exact) mass is 346 g/mol. The van der Waals surface area contributed by atoms with Crippen molar-refractivity contribution in [2.75, 3.05) is 11.9 Å². The van der Waals surface area contributed by atoms with Gasteiger partial charge >= 0.3 is 11.8 Å². The molecule has 1 atom stereocenters. The second kappa shape index (κ2) is 7.48. The van der Waals surface area contributed by atoms with E-state index in [0.717, 1.165) is 12.8 Å². The molecule has 0 spiro atoms. The molecule has 3 rings (SSSR count). The van der Waals surface area contributed by atoms with Gasteiger partial charge < -0.3 is 20.2 Å². The molecule has 7 heteroatoms. The van der Waals surface area contributed by atoms with Crippen molar-refractivity contribution < 1.29 is 23.5 Å². The molecule has 1 aromatic carbocycles. The van der Waals surface area contributed by atoms with Gasteiger partial charge in [0.25, 0.3) is 0 Å². The van der Waals surface area contributed by atoms with E-state index in [4.69, 9.17) is 9.52 Å². The number of carbonyl (C=O) groups is 2. The second-order valence-corrected chi connectivity index (χ2v) is 6.06. The first-order valence-corrected chi connectivity index (χ1v) is 8.14. The lowest BCUT2D eigenvalue weighted by Crippen LogP contribution is -2.43. The van der Waals surface area contributed by atoms with Crippen LogP contribution in [-0.4, -0.2) is 29.6 Å². The summed E-state index contributed by atoms with van der Waals surface area (Å²) in [6.07, 6.45) is 3.81. The number of rotatable bonds is 6. The molecule has 2 aromatic rings. The van der Waals surface area contributed by atoms with E-state index < -0.39 is 17.6 Å². The molecule has 0 aliphatic heterocycles. The van der Waals surface area contributed by atoms with Gasteiger partial charge in [0.1, 0.15) is 11.6 Å². The number of halogens is 1. The number of benzene rings is 1. The van der Waals surface area contributed by atoms with Crippen molar-refractivity contribution in [3.8, 4) is 11.3 Å². The van der Waals surface area contributed by atoms with Crippen LogP contribution in [0.3, 0.4) is 0 Å². The average Bonchev–Trinajstić information content (AvgIpc) is 3.30. The van der Waals surface area contributed by atoms with Crippen LogP contribution < -0.4 is 10.6 Å². The van der Waals surface area contributed by atoms with E-state index in [1.807, 2.05) is 0 Å². The maximum Gasteiger partial charge on any atom is 0.313 e.